The number of nitrogens with two attached hydrogens (primary N) is 1. The second-order valence-corrected chi connectivity index (χ2v) is 5.45. The second-order valence-electron chi connectivity index (χ2n) is 5.45. The van der Waals surface area contributed by atoms with Gasteiger partial charge in [0.15, 0.2) is 0 Å². The Morgan fingerprint density at radius 3 is 2.50 bits per heavy atom. The summed E-state index contributed by atoms with van der Waals surface area (Å²) in [6, 6.07) is 10.1. The molecule has 0 fully saturated rings. The molecular weight excluding hydrogens is 222 g/mol. The first-order chi connectivity index (χ1) is 8.44. The van der Waals surface area contributed by atoms with Crippen LogP contribution >= 0.6 is 0 Å². The minimum absolute atomic E-state index is 0.0777. The molecule has 0 saturated heterocycles. The van der Waals surface area contributed by atoms with Crippen molar-refractivity contribution in [1.82, 2.24) is 9.88 Å². The van der Waals surface area contributed by atoms with Crippen LogP contribution in [0.25, 0.3) is 10.9 Å². The van der Waals surface area contributed by atoms with Crippen molar-refractivity contribution in [1.29, 1.82) is 0 Å². The van der Waals surface area contributed by atoms with Gasteiger partial charge in [-0.05, 0) is 39.6 Å². The summed E-state index contributed by atoms with van der Waals surface area (Å²) in [5.41, 5.74) is 8.44. The summed E-state index contributed by atoms with van der Waals surface area (Å²) >= 11 is 0. The van der Waals surface area contributed by atoms with Gasteiger partial charge in [0.25, 0.3) is 0 Å². The van der Waals surface area contributed by atoms with E-state index in [1.165, 1.54) is 0 Å². The molecule has 3 nitrogen and oxygen atoms in total. The van der Waals surface area contributed by atoms with E-state index in [1.807, 2.05) is 18.3 Å². The van der Waals surface area contributed by atoms with Crippen LogP contribution in [-0.2, 0) is 0 Å². The predicted molar refractivity (Wildman–Crippen MR) is 76.4 cm³/mol. The molecular formula is C15H21N3. The molecule has 1 unspecified atom stereocenters. The summed E-state index contributed by atoms with van der Waals surface area (Å²) in [7, 11) is 4.11. The van der Waals surface area contributed by atoms with Crippen molar-refractivity contribution < 1.29 is 0 Å². The highest BCUT2D eigenvalue weighted by molar-refractivity contribution is 5.82. The molecule has 2 rings (SSSR count). The van der Waals surface area contributed by atoms with Crippen molar-refractivity contribution in [3.05, 3.63) is 42.1 Å². The summed E-state index contributed by atoms with van der Waals surface area (Å²) in [6.45, 7) is 4.30. The number of aromatic nitrogens is 1. The fourth-order valence-corrected chi connectivity index (χ4v) is 2.04. The maximum absolute atomic E-state index is 6.46. The summed E-state index contributed by atoms with van der Waals surface area (Å²) in [5.74, 6) is 0. The molecule has 1 aromatic carbocycles. The minimum Gasteiger partial charge on any atom is -0.322 e. The van der Waals surface area contributed by atoms with E-state index in [0.29, 0.717) is 0 Å². The fraction of sp³-hybridized carbons (Fsp3) is 0.400. The number of pyridine rings is 1. The van der Waals surface area contributed by atoms with Gasteiger partial charge in [-0.25, -0.2) is 0 Å². The van der Waals surface area contributed by atoms with E-state index in [0.717, 1.165) is 16.5 Å². The molecule has 0 radical (unpaired) electrons. The van der Waals surface area contributed by atoms with Gasteiger partial charge in [0.1, 0.15) is 0 Å². The zero-order chi connectivity index (χ0) is 13.3. The van der Waals surface area contributed by atoms with Gasteiger partial charge in [-0.1, -0.05) is 24.3 Å². The highest BCUT2D eigenvalue weighted by Crippen LogP contribution is 2.30. The summed E-state index contributed by atoms with van der Waals surface area (Å²) < 4.78 is 0. The molecule has 0 amide bonds. The van der Waals surface area contributed by atoms with Gasteiger partial charge in [0.05, 0.1) is 5.52 Å². The molecule has 18 heavy (non-hydrogen) atoms. The van der Waals surface area contributed by atoms with Crippen molar-refractivity contribution in [3.8, 4) is 0 Å². The van der Waals surface area contributed by atoms with Crippen molar-refractivity contribution >= 4 is 10.9 Å². The highest BCUT2D eigenvalue weighted by atomic mass is 15.2. The Kier molecular flexibility index (Phi) is 3.37. The SMILES string of the molecule is CN(C)C(C)(C)C(N)c1cccc2cccnc12. The molecule has 3 heteroatoms. The van der Waals surface area contributed by atoms with E-state index < -0.39 is 0 Å². The third-order valence-corrected chi connectivity index (χ3v) is 3.91. The maximum atomic E-state index is 6.46. The van der Waals surface area contributed by atoms with Crippen LogP contribution in [0.4, 0.5) is 0 Å². The van der Waals surface area contributed by atoms with E-state index in [-0.39, 0.29) is 11.6 Å². The Balaban J connectivity index is 2.55. The van der Waals surface area contributed by atoms with Crippen LogP contribution in [0.2, 0.25) is 0 Å². The highest BCUT2D eigenvalue weighted by Gasteiger charge is 2.31. The normalized spacial score (nSPS) is 14.1. The van der Waals surface area contributed by atoms with Crippen molar-refractivity contribution in [3.63, 3.8) is 0 Å². The molecule has 1 heterocycles. The van der Waals surface area contributed by atoms with Crippen LogP contribution in [0.5, 0.6) is 0 Å². The molecule has 2 aromatic rings. The first-order valence-corrected chi connectivity index (χ1v) is 6.21. The number of fused-ring (bicyclic) bond motifs is 1. The average Bonchev–Trinajstić information content (AvgIpc) is 2.37. The fourth-order valence-electron chi connectivity index (χ4n) is 2.04. The molecule has 0 spiro atoms. The first kappa shape index (κ1) is 13.0. The summed E-state index contributed by atoms with van der Waals surface area (Å²) in [5, 5.41) is 1.14. The van der Waals surface area contributed by atoms with E-state index in [9.17, 15) is 0 Å². The molecule has 0 aliphatic carbocycles. The number of nitrogens with zero attached hydrogens (tertiary/aromatic N) is 2. The van der Waals surface area contributed by atoms with Crippen LogP contribution in [0.15, 0.2) is 36.5 Å². The van der Waals surface area contributed by atoms with E-state index in [1.54, 1.807) is 0 Å². The molecule has 96 valence electrons. The van der Waals surface area contributed by atoms with Gasteiger partial charge < -0.3 is 10.6 Å². The second kappa shape index (κ2) is 4.67. The lowest BCUT2D eigenvalue weighted by Crippen LogP contribution is -2.47. The van der Waals surface area contributed by atoms with Gasteiger partial charge in [-0.15, -0.1) is 0 Å². The molecule has 1 atom stereocenters. The molecule has 2 N–H and O–H groups in total. The first-order valence-electron chi connectivity index (χ1n) is 6.21. The molecule has 0 aliphatic rings. The standard InChI is InChI=1S/C15H21N3/c1-15(2,18(3)4)14(16)12-9-5-7-11-8-6-10-17-13(11)12/h5-10,14H,16H2,1-4H3. The van der Waals surface area contributed by atoms with E-state index in [4.69, 9.17) is 5.73 Å². The Hall–Kier alpha value is -1.45. The molecule has 0 saturated carbocycles. The predicted octanol–water partition coefficient (Wildman–Crippen LogP) is 2.57. The zero-order valence-electron chi connectivity index (χ0n) is 11.5. The van der Waals surface area contributed by atoms with Gasteiger partial charge in [-0.3, -0.25) is 4.98 Å². The number of likely N-dealkylation sites (N-methyl/N-ethyl adjacent to an activating group) is 1. The van der Waals surface area contributed by atoms with E-state index >= 15 is 0 Å². The number of para-hydroxylation sites is 1. The maximum Gasteiger partial charge on any atom is 0.0750 e. The van der Waals surface area contributed by atoms with Crippen LogP contribution in [0, 0.1) is 0 Å². The Bertz CT molecular complexity index is 541. The third-order valence-electron chi connectivity index (χ3n) is 3.91. The van der Waals surface area contributed by atoms with Crippen molar-refractivity contribution in [2.24, 2.45) is 5.73 Å². The quantitative estimate of drug-likeness (QED) is 0.901. The summed E-state index contributed by atoms with van der Waals surface area (Å²) in [4.78, 5) is 6.63. The van der Waals surface area contributed by atoms with Gasteiger partial charge in [0.2, 0.25) is 0 Å². The van der Waals surface area contributed by atoms with Crippen LogP contribution in [0.3, 0.4) is 0 Å². The summed E-state index contributed by atoms with van der Waals surface area (Å²) in [6.07, 6.45) is 1.82. The number of benzene rings is 1. The lowest BCUT2D eigenvalue weighted by Gasteiger charge is -2.38. The molecule has 1 aromatic heterocycles. The van der Waals surface area contributed by atoms with Crippen LogP contribution in [-0.4, -0.2) is 29.5 Å². The monoisotopic (exact) mass is 243 g/mol. The average molecular weight is 243 g/mol. The van der Waals surface area contributed by atoms with Gasteiger partial charge in [-0.2, -0.15) is 0 Å². The Morgan fingerprint density at radius 2 is 1.83 bits per heavy atom. The molecule has 0 bridgehead atoms. The topological polar surface area (TPSA) is 42.1 Å². The lowest BCUT2D eigenvalue weighted by atomic mass is 9.87. The van der Waals surface area contributed by atoms with Crippen LogP contribution < -0.4 is 5.73 Å². The number of hydrogen-bond acceptors (Lipinski definition) is 3. The number of rotatable bonds is 3. The largest absolute Gasteiger partial charge is 0.322 e. The molecule has 0 aliphatic heterocycles. The van der Waals surface area contributed by atoms with Crippen molar-refractivity contribution in [2.45, 2.75) is 25.4 Å². The van der Waals surface area contributed by atoms with Gasteiger partial charge >= 0.3 is 0 Å². The van der Waals surface area contributed by atoms with Crippen molar-refractivity contribution in [2.75, 3.05) is 14.1 Å². The number of hydrogen-bond donors (Lipinski definition) is 1. The minimum atomic E-state index is -0.119. The third kappa shape index (κ3) is 2.11. The lowest BCUT2D eigenvalue weighted by molar-refractivity contribution is 0.159. The Labute approximate surface area is 109 Å². The van der Waals surface area contributed by atoms with E-state index in [2.05, 4.69) is 56.0 Å². The zero-order valence-corrected chi connectivity index (χ0v) is 11.5. The Morgan fingerprint density at radius 1 is 1.17 bits per heavy atom. The van der Waals surface area contributed by atoms with Gasteiger partial charge in [0, 0.05) is 23.2 Å². The smallest absolute Gasteiger partial charge is 0.0750 e. The van der Waals surface area contributed by atoms with Crippen LogP contribution in [0.1, 0.15) is 25.5 Å².